The first-order chi connectivity index (χ1) is 14.4. The number of allylic oxidation sites excluding steroid dienone is 8. The summed E-state index contributed by atoms with van der Waals surface area (Å²) in [4.78, 5) is 0. The summed E-state index contributed by atoms with van der Waals surface area (Å²) in [7, 11) is 2.43. The van der Waals surface area contributed by atoms with Crippen LogP contribution >= 0.6 is 8.29 Å². The van der Waals surface area contributed by atoms with Crippen molar-refractivity contribution in [1.29, 1.82) is 0 Å². The molecular formula is C24H22As2N2S. The monoisotopic (exact) mass is 520 g/mol. The number of para-hydroxylation sites is 2. The molecule has 2 unspecified atom stereocenters. The van der Waals surface area contributed by atoms with E-state index in [0.29, 0.717) is 0 Å². The van der Waals surface area contributed by atoms with Crippen molar-refractivity contribution in [1.82, 2.24) is 0 Å². The van der Waals surface area contributed by atoms with Crippen LogP contribution in [0, 0.1) is 0 Å². The van der Waals surface area contributed by atoms with E-state index < -0.39 is 26.1 Å². The molecule has 0 fully saturated rings. The van der Waals surface area contributed by atoms with Gasteiger partial charge in [0.15, 0.2) is 0 Å². The van der Waals surface area contributed by atoms with Gasteiger partial charge in [-0.1, -0.05) is 0 Å². The van der Waals surface area contributed by atoms with Gasteiger partial charge in [-0.15, -0.1) is 0 Å². The molecule has 2 aromatic carbocycles. The Labute approximate surface area is 182 Å². The summed E-state index contributed by atoms with van der Waals surface area (Å²) in [5.74, 6) is 0. The van der Waals surface area contributed by atoms with Gasteiger partial charge in [-0.05, 0) is 0 Å². The molecule has 2 heterocycles. The van der Waals surface area contributed by atoms with Gasteiger partial charge < -0.3 is 0 Å². The van der Waals surface area contributed by atoms with Gasteiger partial charge in [0.05, 0.1) is 0 Å². The Balaban J connectivity index is 1.55. The Morgan fingerprint density at radius 2 is 1.14 bits per heavy atom. The van der Waals surface area contributed by atoms with Crippen molar-refractivity contribution in [2.24, 2.45) is 0 Å². The fourth-order valence-electron chi connectivity index (χ4n) is 4.32. The van der Waals surface area contributed by atoms with Gasteiger partial charge in [-0.25, -0.2) is 0 Å². The summed E-state index contributed by atoms with van der Waals surface area (Å²) in [6.07, 6.45) is 15.9. The average Bonchev–Trinajstić information content (AvgIpc) is 2.78. The standard InChI is InChI=1S/C24H22As2N2S/c1-5-13-21-17(9-1)25(18-10-2-6-14-22(18)27-21)29-26-19-11-3-7-15-23(19)28-24-16-8-4-12-20(24)26/h1-9,11,13-16,25-28H,10,12H2. The van der Waals surface area contributed by atoms with E-state index in [-0.39, 0.29) is 0 Å². The molecule has 5 heteroatoms. The molecular weight excluding hydrogens is 498 g/mol. The average molecular weight is 520 g/mol. The van der Waals surface area contributed by atoms with Crippen LogP contribution in [0.1, 0.15) is 12.8 Å². The van der Waals surface area contributed by atoms with Crippen LogP contribution in [0.3, 0.4) is 0 Å². The molecule has 2 N–H and O–H groups in total. The third kappa shape index (κ3) is 3.12. The van der Waals surface area contributed by atoms with Crippen LogP contribution in [0.5, 0.6) is 0 Å². The second-order valence-electron chi connectivity index (χ2n) is 7.48. The fourth-order valence-corrected chi connectivity index (χ4v) is 41.9. The van der Waals surface area contributed by atoms with Crippen LogP contribution in [0.25, 0.3) is 0 Å². The molecule has 0 amide bonds. The summed E-state index contributed by atoms with van der Waals surface area (Å²) >= 11 is -3.38. The van der Waals surface area contributed by atoms with Gasteiger partial charge in [-0.3, -0.25) is 0 Å². The number of nitrogens with one attached hydrogen (secondary N) is 2. The third-order valence-corrected chi connectivity index (χ3v) is 35.1. The number of benzene rings is 2. The van der Waals surface area contributed by atoms with Gasteiger partial charge in [0.1, 0.15) is 0 Å². The first kappa shape index (κ1) is 18.0. The molecule has 144 valence electrons. The summed E-state index contributed by atoms with van der Waals surface area (Å²) in [5.41, 5.74) is 5.43. The predicted molar refractivity (Wildman–Crippen MR) is 135 cm³/mol. The molecule has 2 aliphatic heterocycles. The number of hydrogen-bond acceptors (Lipinski definition) is 3. The van der Waals surface area contributed by atoms with E-state index in [9.17, 15) is 0 Å². The first-order valence-corrected chi connectivity index (χ1v) is 20.1. The topological polar surface area (TPSA) is 24.1 Å². The maximum atomic E-state index is 3.72. The van der Waals surface area contributed by atoms with Crippen molar-refractivity contribution < 1.29 is 0 Å². The Morgan fingerprint density at radius 3 is 1.66 bits per heavy atom. The normalized spacial score (nSPS) is 23.6. The van der Waals surface area contributed by atoms with Crippen molar-refractivity contribution in [2.75, 3.05) is 10.6 Å². The minimum atomic E-state index is -1.69. The molecule has 0 saturated heterocycles. The van der Waals surface area contributed by atoms with E-state index in [4.69, 9.17) is 0 Å². The van der Waals surface area contributed by atoms with Crippen LogP contribution < -0.4 is 19.3 Å². The van der Waals surface area contributed by atoms with E-state index >= 15 is 0 Å². The van der Waals surface area contributed by atoms with Gasteiger partial charge in [0, 0.05) is 0 Å². The van der Waals surface area contributed by atoms with Crippen molar-refractivity contribution in [3.63, 3.8) is 0 Å². The van der Waals surface area contributed by atoms with Gasteiger partial charge in [0.2, 0.25) is 0 Å². The summed E-state index contributed by atoms with van der Waals surface area (Å²) < 4.78 is 6.61. The molecule has 0 spiro atoms. The summed E-state index contributed by atoms with van der Waals surface area (Å²) in [6, 6.07) is 18.1. The number of hydrogen-bond donors (Lipinski definition) is 2. The molecule has 0 aromatic heterocycles. The van der Waals surface area contributed by atoms with E-state index in [2.05, 4.69) is 104 Å². The van der Waals surface area contributed by atoms with Crippen molar-refractivity contribution >= 4 is 63.1 Å². The van der Waals surface area contributed by atoms with Crippen molar-refractivity contribution in [3.05, 3.63) is 96.4 Å². The first-order valence-electron chi connectivity index (χ1n) is 10.00. The summed E-state index contributed by atoms with van der Waals surface area (Å²) in [5, 5.41) is 7.44. The molecule has 6 rings (SSSR count). The van der Waals surface area contributed by atoms with Crippen LogP contribution in [0.2, 0.25) is 0 Å². The number of anilines is 2. The van der Waals surface area contributed by atoms with E-state index in [1.54, 1.807) is 17.3 Å². The molecule has 2 nitrogen and oxygen atoms in total. The minimum absolute atomic E-state index is 1.11. The fraction of sp³-hybridized carbons (Fsp3) is 0.0833. The molecule has 2 atom stereocenters. The Kier molecular flexibility index (Phi) is 4.64. The van der Waals surface area contributed by atoms with Crippen LogP contribution in [-0.2, 0) is 0 Å². The van der Waals surface area contributed by atoms with Gasteiger partial charge >= 0.3 is 183 Å². The zero-order valence-corrected chi connectivity index (χ0v) is 20.9. The van der Waals surface area contributed by atoms with Crippen molar-refractivity contribution in [3.8, 4) is 0 Å². The van der Waals surface area contributed by atoms with Gasteiger partial charge in [0.25, 0.3) is 0 Å². The van der Waals surface area contributed by atoms with Crippen LogP contribution in [-0.4, -0.2) is 34.7 Å². The molecule has 0 bridgehead atoms. The molecule has 2 aromatic rings. The molecule has 0 saturated carbocycles. The second kappa shape index (κ2) is 7.47. The molecule has 2 aliphatic carbocycles. The molecule has 4 aliphatic rings. The SMILES string of the molecule is C1=CCC2=[AsH](S[AsH]3=C4CC=CC=C4Nc4ccccc43)c3ccccc3NC2=C1. The summed E-state index contributed by atoms with van der Waals surface area (Å²) in [6.45, 7) is 0. The van der Waals surface area contributed by atoms with Crippen molar-refractivity contribution in [2.45, 2.75) is 12.8 Å². The second-order valence-corrected chi connectivity index (χ2v) is 27.4. The van der Waals surface area contributed by atoms with Crippen LogP contribution in [0.15, 0.2) is 96.4 Å². The zero-order chi connectivity index (χ0) is 19.2. The Hall–Kier alpha value is -1.79. The van der Waals surface area contributed by atoms with E-state index in [1.807, 2.05) is 0 Å². The zero-order valence-electron chi connectivity index (χ0n) is 15.9. The van der Waals surface area contributed by atoms with Crippen LogP contribution in [0.4, 0.5) is 11.4 Å². The predicted octanol–water partition coefficient (Wildman–Crippen LogP) is 3.03. The number of rotatable bonds is 2. The third-order valence-electron chi connectivity index (χ3n) is 5.73. The maximum absolute atomic E-state index is 3.72. The Bertz CT molecular complexity index is 1140. The quantitative estimate of drug-likeness (QED) is 0.596. The molecule has 29 heavy (non-hydrogen) atoms. The number of fused-ring (bicyclic) bond motifs is 4. The van der Waals surface area contributed by atoms with E-state index in [1.165, 1.54) is 22.8 Å². The van der Waals surface area contributed by atoms with E-state index in [0.717, 1.165) is 12.8 Å². The van der Waals surface area contributed by atoms with Gasteiger partial charge in [-0.2, -0.15) is 0 Å². The Morgan fingerprint density at radius 1 is 0.655 bits per heavy atom. The molecule has 0 radical (unpaired) electrons.